The number of benzene rings is 1. The van der Waals surface area contributed by atoms with Gasteiger partial charge < -0.3 is 15.8 Å². The van der Waals surface area contributed by atoms with Crippen LogP contribution in [0.4, 0.5) is 16.2 Å². The van der Waals surface area contributed by atoms with Crippen molar-refractivity contribution in [1.29, 1.82) is 0 Å². The first-order valence-electron chi connectivity index (χ1n) is 8.20. The Kier molecular flexibility index (Phi) is 7.29. The molecule has 0 aliphatic heterocycles. The molecular formula is C18H28BrN3O3. The Hall–Kier alpha value is -1.76. The summed E-state index contributed by atoms with van der Waals surface area (Å²) in [5.74, 6) is -0.0735. The van der Waals surface area contributed by atoms with Gasteiger partial charge in [-0.3, -0.25) is 9.69 Å². The number of carbonyl (C=O) groups is 2. The molecule has 1 atom stereocenters. The smallest absolute Gasteiger partial charge is 0.410 e. The van der Waals surface area contributed by atoms with Gasteiger partial charge in [-0.2, -0.15) is 0 Å². The highest BCUT2D eigenvalue weighted by Crippen LogP contribution is 2.27. The van der Waals surface area contributed by atoms with Crippen molar-refractivity contribution in [2.45, 2.75) is 52.6 Å². The number of nitrogens with zero attached hydrogens (tertiary/aromatic N) is 1. The molecule has 1 aromatic carbocycles. The lowest BCUT2D eigenvalue weighted by molar-refractivity contribution is -0.123. The lowest BCUT2D eigenvalue weighted by atomic mass is 9.96. The maximum absolute atomic E-state index is 13.0. The third-order valence-electron chi connectivity index (χ3n) is 3.67. The van der Waals surface area contributed by atoms with Gasteiger partial charge in [0.25, 0.3) is 0 Å². The first-order chi connectivity index (χ1) is 11.5. The third-order valence-corrected chi connectivity index (χ3v) is 4.17. The van der Waals surface area contributed by atoms with Crippen molar-refractivity contribution >= 4 is 39.3 Å². The lowest BCUT2D eigenvalue weighted by Crippen LogP contribution is -2.56. The van der Waals surface area contributed by atoms with Gasteiger partial charge in [-0.1, -0.05) is 29.8 Å². The van der Waals surface area contributed by atoms with Crippen LogP contribution in [0.5, 0.6) is 0 Å². The van der Waals surface area contributed by atoms with Gasteiger partial charge in [-0.05, 0) is 51.3 Å². The Morgan fingerprint density at radius 2 is 1.92 bits per heavy atom. The largest absolute Gasteiger partial charge is 0.453 e. The van der Waals surface area contributed by atoms with Crippen LogP contribution in [0, 0.1) is 5.92 Å². The topological polar surface area (TPSA) is 84.7 Å². The zero-order chi connectivity index (χ0) is 19.4. The summed E-state index contributed by atoms with van der Waals surface area (Å²) in [6, 6.07) is 4.57. The molecule has 0 spiro atoms. The molecule has 1 aromatic rings. The number of methoxy groups -OCH3 is 1. The number of amides is 2. The number of nitrogens with two attached hydrogens (primary N) is 1. The molecule has 0 radical (unpaired) electrons. The van der Waals surface area contributed by atoms with E-state index in [0.29, 0.717) is 17.8 Å². The lowest BCUT2D eigenvalue weighted by Gasteiger charge is -2.40. The summed E-state index contributed by atoms with van der Waals surface area (Å²) < 4.78 is 5.74. The van der Waals surface area contributed by atoms with E-state index >= 15 is 0 Å². The van der Waals surface area contributed by atoms with Crippen LogP contribution in [0.2, 0.25) is 0 Å². The molecule has 0 saturated heterocycles. The fourth-order valence-corrected chi connectivity index (χ4v) is 2.99. The van der Waals surface area contributed by atoms with Crippen LogP contribution in [0.3, 0.4) is 0 Å². The van der Waals surface area contributed by atoms with E-state index in [0.717, 1.165) is 4.47 Å². The van der Waals surface area contributed by atoms with E-state index < -0.39 is 17.7 Å². The quantitative estimate of drug-likeness (QED) is 0.706. The van der Waals surface area contributed by atoms with Crippen molar-refractivity contribution in [3.8, 4) is 0 Å². The molecular weight excluding hydrogens is 386 g/mol. The van der Waals surface area contributed by atoms with E-state index in [4.69, 9.17) is 10.5 Å². The minimum atomic E-state index is -0.671. The molecule has 3 N–H and O–H groups in total. The number of ether oxygens (including phenoxy) is 1. The second-order valence-corrected chi connectivity index (χ2v) is 8.29. The monoisotopic (exact) mass is 413 g/mol. The van der Waals surface area contributed by atoms with Gasteiger partial charge in [-0.25, -0.2) is 4.79 Å². The summed E-state index contributed by atoms with van der Waals surface area (Å²) in [6.07, 6.45) is -0.0219. The average molecular weight is 414 g/mol. The molecule has 0 unspecified atom stereocenters. The molecule has 0 aliphatic rings. The molecule has 0 bridgehead atoms. The van der Waals surface area contributed by atoms with Crippen LogP contribution in [-0.4, -0.2) is 35.6 Å². The van der Waals surface area contributed by atoms with Crippen molar-refractivity contribution < 1.29 is 14.3 Å². The van der Waals surface area contributed by atoms with Gasteiger partial charge in [0.05, 0.1) is 18.5 Å². The van der Waals surface area contributed by atoms with Crippen LogP contribution >= 0.6 is 15.9 Å². The first-order valence-corrected chi connectivity index (χ1v) is 8.99. The normalized spacial score (nSPS) is 12.6. The molecule has 25 heavy (non-hydrogen) atoms. The standard InChI is InChI=1S/C18H28BrN3O3/c1-11(2)9-15(22(17(24)25-6)18(3,4)5)16(23)21-14-8-7-12(19)10-13(14)20/h7-8,10-11,15H,9,20H2,1-6H3,(H,21,23)/t15-/m1/s1. The van der Waals surface area contributed by atoms with E-state index in [1.807, 2.05) is 34.6 Å². The molecule has 6 nitrogen and oxygen atoms in total. The molecule has 0 saturated carbocycles. The van der Waals surface area contributed by atoms with E-state index in [1.54, 1.807) is 18.2 Å². The number of nitrogen functional groups attached to an aromatic ring is 1. The Morgan fingerprint density at radius 1 is 1.32 bits per heavy atom. The number of nitrogens with one attached hydrogen (secondary N) is 1. The van der Waals surface area contributed by atoms with Crippen LogP contribution in [-0.2, 0) is 9.53 Å². The minimum Gasteiger partial charge on any atom is -0.453 e. The van der Waals surface area contributed by atoms with Gasteiger partial charge in [0, 0.05) is 10.0 Å². The highest BCUT2D eigenvalue weighted by molar-refractivity contribution is 9.10. The van der Waals surface area contributed by atoms with Crippen LogP contribution in [0.1, 0.15) is 41.0 Å². The van der Waals surface area contributed by atoms with E-state index in [-0.39, 0.29) is 11.8 Å². The molecule has 0 fully saturated rings. The Bertz CT molecular complexity index is 626. The molecule has 140 valence electrons. The number of carbonyl (C=O) groups excluding carboxylic acids is 2. The third kappa shape index (κ3) is 5.92. The van der Waals surface area contributed by atoms with Crippen molar-refractivity contribution in [2.75, 3.05) is 18.2 Å². The summed E-state index contributed by atoms with van der Waals surface area (Å²) >= 11 is 3.34. The van der Waals surface area contributed by atoms with Gasteiger partial charge in [0.1, 0.15) is 6.04 Å². The van der Waals surface area contributed by atoms with Gasteiger partial charge >= 0.3 is 6.09 Å². The molecule has 7 heteroatoms. The molecule has 0 aromatic heterocycles. The number of hydrogen-bond donors (Lipinski definition) is 2. The van der Waals surface area contributed by atoms with E-state index in [1.165, 1.54) is 12.0 Å². The van der Waals surface area contributed by atoms with Crippen molar-refractivity contribution in [3.63, 3.8) is 0 Å². The number of hydrogen-bond acceptors (Lipinski definition) is 4. The number of halogens is 1. The second-order valence-electron chi connectivity index (χ2n) is 7.38. The Labute approximate surface area is 158 Å². The minimum absolute atomic E-state index is 0.215. The van der Waals surface area contributed by atoms with Crippen LogP contribution in [0.25, 0.3) is 0 Å². The highest BCUT2D eigenvalue weighted by Gasteiger charge is 2.38. The first kappa shape index (κ1) is 21.3. The zero-order valence-electron chi connectivity index (χ0n) is 15.7. The van der Waals surface area contributed by atoms with Crippen molar-refractivity contribution in [2.24, 2.45) is 5.92 Å². The predicted octanol–water partition coefficient (Wildman–Crippen LogP) is 4.25. The average Bonchev–Trinajstić information content (AvgIpc) is 2.47. The Morgan fingerprint density at radius 3 is 2.36 bits per heavy atom. The molecule has 0 aliphatic carbocycles. The molecule has 2 amide bonds. The maximum atomic E-state index is 13.0. The van der Waals surface area contributed by atoms with Crippen molar-refractivity contribution in [1.82, 2.24) is 4.90 Å². The molecule has 0 heterocycles. The van der Waals surface area contributed by atoms with Gasteiger partial charge in [0.15, 0.2) is 0 Å². The summed E-state index contributed by atoms with van der Waals surface area (Å²) in [7, 11) is 1.32. The summed E-state index contributed by atoms with van der Waals surface area (Å²) in [4.78, 5) is 26.8. The predicted molar refractivity (Wildman–Crippen MR) is 104 cm³/mol. The van der Waals surface area contributed by atoms with E-state index in [2.05, 4.69) is 21.2 Å². The Balaban J connectivity index is 3.19. The SMILES string of the molecule is COC(=O)N([C@H](CC(C)C)C(=O)Nc1ccc(Br)cc1N)C(C)(C)C. The van der Waals surface area contributed by atoms with Crippen LogP contribution in [0.15, 0.2) is 22.7 Å². The molecule has 1 rings (SSSR count). The van der Waals surface area contributed by atoms with Gasteiger partial charge in [-0.15, -0.1) is 0 Å². The number of rotatable bonds is 5. The van der Waals surface area contributed by atoms with Crippen LogP contribution < -0.4 is 11.1 Å². The zero-order valence-corrected chi connectivity index (χ0v) is 17.3. The number of anilines is 2. The van der Waals surface area contributed by atoms with Crippen molar-refractivity contribution in [3.05, 3.63) is 22.7 Å². The summed E-state index contributed by atoms with van der Waals surface area (Å²) in [6.45, 7) is 9.63. The maximum Gasteiger partial charge on any atom is 0.410 e. The fraction of sp³-hybridized carbons (Fsp3) is 0.556. The summed E-state index contributed by atoms with van der Waals surface area (Å²) in [5.41, 5.74) is 6.36. The summed E-state index contributed by atoms with van der Waals surface area (Å²) in [5, 5.41) is 2.84. The second kappa shape index (κ2) is 8.56. The fourth-order valence-electron chi connectivity index (χ4n) is 2.61. The van der Waals surface area contributed by atoms with E-state index in [9.17, 15) is 9.59 Å². The van der Waals surface area contributed by atoms with Gasteiger partial charge in [0.2, 0.25) is 5.91 Å². The highest BCUT2D eigenvalue weighted by atomic mass is 79.9.